The second-order valence-electron chi connectivity index (χ2n) is 6.66. The maximum atomic E-state index is 13.2. The lowest BCUT2D eigenvalue weighted by molar-refractivity contribution is 0.476. The van der Waals surface area contributed by atoms with Crippen LogP contribution in [0.2, 0.25) is 0 Å². The zero-order valence-electron chi connectivity index (χ0n) is 15.1. The summed E-state index contributed by atoms with van der Waals surface area (Å²) in [6.07, 6.45) is 0.709. The van der Waals surface area contributed by atoms with E-state index >= 15 is 0 Å². The molecule has 0 atom stereocenters. The molecule has 1 heterocycles. The zero-order valence-corrected chi connectivity index (χ0v) is 15.1. The van der Waals surface area contributed by atoms with Crippen molar-refractivity contribution in [3.8, 4) is 17.1 Å². The van der Waals surface area contributed by atoms with Crippen molar-refractivity contribution in [2.24, 2.45) is 0 Å². The van der Waals surface area contributed by atoms with Gasteiger partial charge in [-0.15, -0.1) is 0 Å². The number of nitrogens with zero attached hydrogens (tertiary/aromatic N) is 2. The first-order valence-electron chi connectivity index (χ1n) is 8.97. The number of aryl methyl sites for hydroxylation is 2. The summed E-state index contributed by atoms with van der Waals surface area (Å²) in [7, 11) is 0. The second-order valence-corrected chi connectivity index (χ2v) is 6.66. The first-order valence-corrected chi connectivity index (χ1v) is 8.97. The number of hydrogen-bond acceptors (Lipinski definition) is 3. The number of para-hydroxylation sites is 2. The highest BCUT2D eigenvalue weighted by Gasteiger charge is 2.15. The van der Waals surface area contributed by atoms with Crippen molar-refractivity contribution in [3.63, 3.8) is 0 Å². The monoisotopic (exact) mass is 356 g/mol. The van der Waals surface area contributed by atoms with Crippen LogP contribution >= 0.6 is 0 Å². The van der Waals surface area contributed by atoms with Crippen molar-refractivity contribution >= 4 is 10.9 Å². The van der Waals surface area contributed by atoms with E-state index in [1.807, 2.05) is 24.3 Å². The Morgan fingerprint density at radius 3 is 2.41 bits per heavy atom. The molecule has 3 aromatic carbocycles. The molecular formula is C23H20N2O2. The fourth-order valence-electron chi connectivity index (χ4n) is 3.24. The highest BCUT2D eigenvalue weighted by Crippen LogP contribution is 2.27. The van der Waals surface area contributed by atoms with E-state index in [9.17, 15) is 9.90 Å². The number of hydrogen-bond donors (Lipinski definition) is 1. The van der Waals surface area contributed by atoms with Gasteiger partial charge in [0.15, 0.2) is 0 Å². The molecule has 0 saturated heterocycles. The Labute approximate surface area is 157 Å². The van der Waals surface area contributed by atoms with Gasteiger partial charge in [-0.25, -0.2) is 4.98 Å². The van der Waals surface area contributed by atoms with Gasteiger partial charge in [0.1, 0.15) is 11.6 Å². The molecule has 0 radical (unpaired) electrons. The van der Waals surface area contributed by atoms with Crippen LogP contribution < -0.4 is 5.56 Å². The molecule has 0 amide bonds. The Morgan fingerprint density at radius 2 is 1.63 bits per heavy atom. The fraction of sp³-hybridized carbons (Fsp3) is 0.130. The minimum Gasteiger partial charge on any atom is -0.507 e. The summed E-state index contributed by atoms with van der Waals surface area (Å²) >= 11 is 0. The molecule has 4 rings (SSSR count). The quantitative estimate of drug-likeness (QED) is 0.592. The Hall–Kier alpha value is -3.40. The SMILES string of the molecule is Cc1ccc(CCn2c(-c3ccccc3O)nc3ccccc3c2=O)cc1. The summed E-state index contributed by atoms with van der Waals surface area (Å²) in [6, 6.07) is 22.6. The van der Waals surface area contributed by atoms with E-state index in [-0.39, 0.29) is 11.3 Å². The summed E-state index contributed by atoms with van der Waals surface area (Å²) in [5.41, 5.74) is 3.46. The van der Waals surface area contributed by atoms with E-state index in [0.29, 0.717) is 35.3 Å². The molecule has 0 aliphatic heterocycles. The van der Waals surface area contributed by atoms with E-state index in [4.69, 9.17) is 4.98 Å². The van der Waals surface area contributed by atoms with Gasteiger partial charge in [-0.05, 0) is 43.2 Å². The second kappa shape index (κ2) is 7.08. The summed E-state index contributed by atoms with van der Waals surface area (Å²) in [4.78, 5) is 17.8. The molecule has 4 aromatic rings. The summed E-state index contributed by atoms with van der Waals surface area (Å²) in [5, 5.41) is 10.9. The number of fused-ring (bicyclic) bond motifs is 1. The molecule has 0 bridgehead atoms. The number of aromatic nitrogens is 2. The number of phenolic OH excluding ortho intramolecular Hbond substituents is 1. The van der Waals surface area contributed by atoms with E-state index in [1.54, 1.807) is 28.8 Å². The first-order chi connectivity index (χ1) is 13.1. The summed E-state index contributed by atoms with van der Waals surface area (Å²) < 4.78 is 1.66. The van der Waals surface area contributed by atoms with Gasteiger partial charge in [0.2, 0.25) is 0 Å². The van der Waals surface area contributed by atoms with Gasteiger partial charge in [0, 0.05) is 6.54 Å². The largest absolute Gasteiger partial charge is 0.507 e. The van der Waals surface area contributed by atoms with Gasteiger partial charge >= 0.3 is 0 Å². The van der Waals surface area contributed by atoms with Gasteiger partial charge in [-0.3, -0.25) is 9.36 Å². The predicted octanol–water partition coefficient (Wildman–Crippen LogP) is 4.32. The molecule has 134 valence electrons. The van der Waals surface area contributed by atoms with Crippen LogP contribution in [0.4, 0.5) is 0 Å². The molecule has 4 nitrogen and oxygen atoms in total. The third-order valence-corrected chi connectivity index (χ3v) is 4.75. The Bertz CT molecular complexity index is 1160. The summed E-state index contributed by atoms with van der Waals surface area (Å²) in [5.74, 6) is 0.604. The zero-order chi connectivity index (χ0) is 18.8. The molecule has 27 heavy (non-hydrogen) atoms. The van der Waals surface area contributed by atoms with E-state index in [1.165, 1.54) is 5.56 Å². The van der Waals surface area contributed by atoms with Crippen LogP contribution in [0.3, 0.4) is 0 Å². The normalized spacial score (nSPS) is 11.0. The van der Waals surface area contributed by atoms with Crippen molar-refractivity contribution in [3.05, 3.63) is 94.3 Å². The minimum absolute atomic E-state index is 0.0917. The van der Waals surface area contributed by atoms with E-state index < -0.39 is 0 Å². The van der Waals surface area contributed by atoms with Gasteiger partial charge in [-0.2, -0.15) is 0 Å². The highest BCUT2D eigenvalue weighted by molar-refractivity contribution is 5.80. The molecule has 0 spiro atoms. The standard InChI is InChI=1S/C23H20N2O2/c1-16-10-12-17(13-11-16)14-15-25-22(19-7-3-5-9-21(19)26)24-20-8-4-2-6-18(20)23(25)27/h2-13,26H,14-15H2,1H3. The van der Waals surface area contributed by atoms with Gasteiger partial charge in [-0.1, -0.05) is 54.1 Å². The molecule has 1 N–H and O–H groups in total. The average Bonchev–Trinajstić information content (AvgIpc) is 2.69. The van der Waals surface area contributed by atoms with Crippen LogP contribution in [0.15, 0.2) is 77.6 Å². The van der Waals surface area contributed by atoms with Crippen molar-refractivity contribution in [1.29, 1.82) is 0 Å². The number of benzene rings is 3. The molecular weight excluding hydrogens is 336 g/mol. The van der Waals surface area contributed by atoms with Crippen LogP contribution in [-0.2, 0) is 13.0 Å². The topological polar surface area (TPSA) is 55.1 Å². The smallest absolute Gasteiger partial charge is 0.261 e. The molecule has 4 heteroatoms. The van der Waals surface area contributed by atoms with Gasteiger partial charge in [0.25, 0.3) is 5.56 Å². The van der Waals surface area contributed by atoms with Gasteiger partial charge < -0.3 is 5.11 Å². The van der Waals surface area contributed by atoms with Crippen molar-refractivity contribution in [2.75, 3.05) is 0 Å². The van der Waals surface area contributed by atoms with Crippen LogP contribution in [-0.4, -0.2) is 14.7 Å². The van der Waals surface area contributed by atoms with Crippen LogP contribution in [0.5, 0.6) is 5.75 Å². The lowest BCUT2D eigenvalue weighted by Crippen LogP contribution is -2.24. The summed E-state index contributed by atoms with van der Waals surface area (Å²) in [6.45, 7) is 2.54. The molecule has 0 aliphatic rings. The maximum absolute atomic E-state index is 13.2. The van der Waals surface area contributed by atoms with Crippen LogP contribution in [0, 0.1) is 6.92 Å². The number of phenols is 1. The molecule has 1 aromatic heterocycles. The Morgan fingerprint density at radius 1 is 0.926 bits per heavy atom. The molecule has 0 unspecified atom stereocenters. The van der Waals surface area contributed by atoms with Crippen LogP contribution in [0.25, 0.3) is 22.3 Å². The number of rotatable bonds is 4. The third-order valence-electron chi connectivity index (χ3n) is 4.75. The highest BCUT2D eigenvalue weighted by atomic mass is 16.3. The van der Waals surface area contributed by atoms with E-state index in [0.717, 1.165) is 5.56 Å². The van der Waals surface area contributed by atoms with Crippen molar-refractivity contribution in [2.45, 2.75) is 19.9 Å². The third kappa shape index (κ3) is 3.34. The molecule has 0 fully saturated rings. The first kappa shape index (κ1) is 17.0. The van der Waals surface area contributed by atoms with Crippen molar-refractivity contribution in [1.82, 2.24) is 9.55 Å². The maximum Gasteiger partial charge on any atom is 0.261 e. The Balaban J connectivity index is 1.85. The number of aromatic hydroxyl groups is 1. The lowest BCUT2D eigenvalue weighted by Gasteiger charge is -2.14. The Kier molecular flexibility index (Phi) is 4.47. The predicted molar refractivity (Wildman–Crippen MR) is 108 cm³/mol. The molecule has 0 aliphatic carbocycles. The van der Waals surface area contributed by atoms with Gasteiger partial charge in [0.05, 0.1) is 16.5 Å². The average molecular weight is 356 g/mol. The molecule has 0 saturated carbocycles. The minimum atomic E-state index is -0.0917. The fourth-order valence-corrected chi connectivity index (χ4v) is 3.24. The van der Waals surface area contributed by atoms with E-state index in [2.05, 4.69) is 31.2 Å². The lowest BCUT2D eigenvalue weighted by atomic mass is 10.1. The van der Waals surface area contributed by atoms with Crippen molar-refractivity contribution < 1.29 is 5.11 Å². The van der Waals surface area contributed by atoms with Crippen LogP contribution in [0.1, 0.15) is 11.1 Å².